The normalized spacial score (nSPS) is 27.8. The topological polar surface area (TPSA) is 80.4 Å². The lowest BCUT2D eigenvalue weighted by Gasteiger charge is -2.11. The fourth-order valence-corrected chi connectivity index (χ4v) is 1.20. The van der Waals surface area contributed by atoms with Gasteiger partial charge in [-0.3, -0.25) is 0 Å². The number of ether oxygens (including phenoxy) is 1. The molecule has 1 aliphatic rings. The molecule has 0 bridgehead atoms. The molecule has 1 fully saturated rings. The Morgan fingerprint density at radius 1 is 1.54 bits per heavy atom. The maximum absolute atomic E-state index is 9.38. The van der Waals surface area contributed by atoms with Crippen LogP contribution in [-0.2, 0) is 4.74 Å². The van der Waals surface area contributed by atoms with Crippen molar-refractivity contribution in [3.8, 4) is 0 Å². The number of hydrogen-bond acceptors (Lipinski definition) is 6. The molecule has 6 heteroatoms. The van der Waals surface area contributed by atoms with E-state index < -0.39 is 6.10 Å². The molecule has 13 heavy (non-hydrogen) atoms. The van der Waals surface area contributed by atoms with Gasteiger partial charge in [-0.05, 0) is 6.92 Å². The number of aryl methyl sites for hydroxylation is 1. The van der Waals surface area contributed by atoms with Crippen LogP contribution >= 0.6 is 0 Å². The Hall–Kier alpha value is -1.14. The first-order chi connectivity index (χ1) is 6.25. The summed E-state index contributed by atoms with van der Waals surface area (Å²) < 4.78 is 9.88. The van der Waals surface area contributed by atoms with Gasteiger partial charge in [-0.2, -0.15) is 4.98 Å². The highest BCUT2D eigenvalue weighted by molar-refractivity contribution is 5.21. The Labute approximate surface area is 74.9 Å². The van der Waals surface area contributed by atoms with Crippen molar-refractivity contribution in [2.75, 3.05) is 18.5 Å². The smallest absolute Gasteiger partial charge is 0.321 e. The average Bonchev–Trinajstić information content (AvgIpc) is 2.64. The Balaban J connectivity index is 1.97. The van der Waals surface area contributed by atoms with Crippen LogP contribution in [0, 0.1) is 6.92 Å². The summed E-state index contributed by atoms with van der Waals surface area (Å²) in [7, 11) is 0. The number of anilines is 1. The van der Waals surface area contributed by atoms with Crippen LogP contribution in [-0.4, -0.2) is 40.6 Å². The predicted molar refractivity (Wildman–Crippen MR) is 43.3 cm³/mol. The fourth-order valence-electron chi connectivity index (χ4n) is 1.20. The minimum atomic E-state index is -0.507. The Bertz CT molecular complexity index is 288. The van der Waals surface area contributed by atoms with E-state index in [0.717, 1.165) is 0 Å². The summed E-state index contributed by atoms with van der Waals surface area (Å²) in [6.07, 6.45) is -0.507. The molecule has 0 saturated carbocycles. The zero-order valence-corrected chi connectivity index (χ0v) is 7.23. The first-order valence-corrected chi connectivity index (χ1v) is 4.08. The van der Waals surface area contributed by atoms with Crippen LogP contribution in [0.25, 0.3) is 0 Å². The van der Waals surface area contributed by atoms with Crippen LogP contribution in [0.15, 0.2) is 4.52 Å². The van der Waals surface area contributed by atoms with Gasteiger partial charge in [0.1, 0.15) is 0 Å². The molecule has 1 saturated heterocycles. The quantitative estimate of drug-likeness (QED) is 0.649. The molecule has 2 atom stereocenters. The fraction of sp³-hybridized carbons (Fsp3) is 0.714. The lowest BCUT2D eigenvalue weighted by Crippen LogP contribution is -2.31. The van der Waals surface area contributed by atoms with Gasteiger partial charge in [0.25, 0.3) is 0 Å². The van der Waals surface area contributed by atoms with E-state index in [2.05, 4.69) is 15.5 Å². The molecule has 0 spiro atoms. The number of nitrogens with one attached hydrogen (secondary N) is 1. The van der Waals surface area contributed by atoms with Crippen molar-refractivity contribution in [3.05, 3.63) is 5.82 Å². The van der Waals surface area contributed by atoms with Gasteiger partial charge in [-0.1, -0.05) is 5.16 Å². The number of nitrogens with zero attached hydrogens (tertiary/aromatic N) is 2. The summed E-state index contributed by atoms with van der Waals surface area (Å²) in [5.74, 6) is 0.566. The summed E-state index contributed by atoms with van der Waals surface area (Å²) >= 11 is 0. The van der Waals surface area contributed by atoms with Gasteiger partial charge in [-0.25, -0.2) is 0 Å². The van der Waals surface area contributed by atoms with Gasteiger partial charge in [0, 0.05) is 0 Å². The second kappa shape index (κ2) is 3.31. The number of rotatable bonds is 2. The van der Waals surface area contributed by atoms with Gasteiger partial charge in [-0.15, -0.1) is 0 Å². The molecular formula is C7H11N3O3. The van der Waals surface area contributed by atoms with Crippen molar-refractivity contribution in [2.24, 2.45) is 0 Å². The molecule has 6 nitrogen and oxygen atoms in total. The van der Waals surface area contributed by atoms with Crippen molar-refractivity contribution in [1.29, 1.82) is 0 Å². The zero-order chi connectivity index (χ0) is 9.26. The highest BCUT2D eigenvalue weighted by Gasteiger charge is 2.27. The molecular weight excluding hydrogens is 174 g/mol. The van der Waals surface area contributed by atoms with E-state index in [0.29, 0.717) is 25.1 Å². The third-order valence-electron chi connectivity index (χ3n) is 1.89. The molecule has 0 radical (unpaired) electrons. The molecule has 1 aromatic rings. The Kier molecular flexibility index (Phi) is 2.15. The number of aliphatic hydroxyl groups excluding tert-OH is 1. The van der Waals surface area contributed by atoms with Crippen molar-refractivity contribution >= 4 is 6.01 Å². The van der Waals surface area contributed by atoms with Crippen LogP contribution in [0.3, 0.4) is 0 Å². The molecule has 2 N–H and O–H groups in total. The van der Waals surface area contributed by atoms with Crippen LogP contribution < -0.4 is 5.32 Å². The number of aliphatic hydroxyl groups is 1. The molecule has 1 aliphatic heterocycles. The van der Waals surface area contributed by atoms with Crippen LogP contribution in [0.2, 0.25) is 0 Å². The maximum Gasteiger partial charge on any atom is 0.321 e. The molecule has 72 valence electrons. The van der Waals surface area contributed by atoms with Gasteiger partial charge < -0.3 is 19.7 Å². The monoisotopic (exact) mass is 185 g/mol. The Morgan fingerprint density at radius 2 is 2.38 bits per heavy atom. The predicted octanol–water partition coefficient (Wildman–Crippen LogP) is -0.450. The maximum atomic E-state index is 9.38. The highest BCUT2D eigenvalue weighted by atomic mass is 16.5. The van der Waals surface area contributed by atoms with E-state index in [1.807, 2.05) is 0 Å². The average molecular weight is 185 g/mol. The van der Waals surface area contributed by atoms with Crippen molar-refractivity contribution in [1.82, 2.24) is 10.1 Å². The van der Waals surface area contributed by atoms with Crippen LogP contribution in [0.4, 0.5) is 6.01 Å². The lowest BCUT2D eigenvalue weighted by atomic mass is 10.2. The van der Waals surface area contributed by atoms with E-state index in [1.54, 1.807) is 6.92 Å². The first-order valence-electron chi connectivity index (χ1n) is 4.08. The minimum Gasteiger partial charge on any atom is -0.388 e. The van der Waals surface area contributed by atoms with Gasteiger partial charge in [0.15, 0.2) is 5.82 Å². The summed E-state index contributed by atoms with van der Waals surface area (Å²) in [5.41, 5.74) is 0. The number of hydrogen-bond donors (Lipinski definition) is 2. The molecule has 2 rings (SSSR count). The van der Waals surface area contributed by atoms with Crippen LogP contribution in [0.1, 0.15) is 5.82 Å². The third-order valence-corrected chi connectivity index (χ3v) is 1.89. The lowest BCUT2D eigenvalue weighted by molar-refractivity contribution is 0.125. The zero-order valence-electron chi connectivity index (χ0n) is 7.23. The standard InChI is InChI=1S/C7H11N3O3/c1-4-8-7(13-10-4)9-5-2-12-3-6(5)11/h5-6,11H,2-3H2,1H3,(H,8,9,10). The van der Waals surface area contributed by atoms with Crippen molar-refractivity contribution in [3.63, 3.8) is 0 Å². The Morgan fingerprint density at radius 3 is 2.92 bits per heavy atom. The van der Waals surface area contributed by atoms with E-state index >= 15 is 0 Å². The SMILES string of the molecule is Cc1noc(NC2COCC2O)n1. The summed E-state index contributed by atoms with van der Waals surface area (Å²) in [4.78, 5) is 3.95. The minimum absolute atomic E-state index is 0.153. The second-order valence-electron chi connectivity index (χ2n) is 3.00. The number of aromatic nitrogens is 2. The second-order valence-corrected chi connectivity index (χ2v) is 3.00. The van der Waals surface area contributed by atoms with Crippen molar-refractivity contribution < 1.29 is 14.4 Å². The summed E-state index contributed by atoms with van der Waals surface area (Å²) in [5, 5.41) is 15.9. The summed E-state index contributed by atoms with van der Waals surface area (Å²) in [6, 6.07) is 0.173. The van der Waals surface area contributed by atoms with Crippen LogP contribution in [0.5, 0.6) is 0 Å². The first kappa shape index (κ1) is 8.46. The molecule has 1 aromatic heterocycles. The molecule has 0 amide bonds. The van der Waals surface area contributed by atoms with Crippen molar-refractivity contribution in [2.45, 2.75) is 19.1 Å². The molecule has 0 aliphatic carbocycles. The van der Waals surface area contributed by atoms with E-state index in [-0.39, 0.29) is 6.04 Å². The van der Waals surface area contributed by atoms with Gasteiger partial charge in [0.2, 0.25) is 0 Å². The van der Waals surface area contributed by atoms with Gasteiger partial charge in [0.05, 0.1) is 25.4 Å². The largest absolute Gasteiger partial charge is 0.388 e. The summed E-state index contributed by atoms with van der Waals surface area (Å²) in [6.45, 7) is 2.55. The molecule has 2 unspecified atom stereocenters. The molecule has 0 aromatic carbocycles. The van der Waals surface area contributed by atoms with E-state index in [1.165, 1.54) is 0 Å². The molecule has 2 heterocycles. The third kappa shape index (κ3) is 1.78. The highest BCUT2D eigenvalue weighted by Crippen LogP contribution is 2.11. The van der Waals surface area contributed by atoms with E-state index in [4.69, 9.17) is 9.26 Å². The van der Waals surface area contributed by atoms with E-state index in [9.17, 15) is 5.11 Å². The van der Waals surface area contributed by atoms with Gasteiger partial charge >= 0.3 is 6.01 Å².